The molecule has 170 valence electrons. The van der Waals surface area contributed by atoms with Gasteiger partial charge in [0.25, 0.3) is 15.9 Å². The number of anilines is 1. The smallest absolute Gasteiger partial charge is 0.264 e. The number of hydrogen-bond donors (Lipinski definition) is 0. The van der Waals surface area contributed by atoms with Crippen molar-refractivity contribution in [1.29, 1.82) is 0 Å². The predicted octanol–water partition coefficient (Wildman–Crippen LogP) is 4.58. The first kappa shape index (κ1) is 25.1. The van der Waals surface area contributed by atoms with Crippen LogP contribution in [0.25, 0.3) is 0 Å². The minimum atomic E-state index is -3.99. The summed E-state index contributed by atoms with van der Waals surface area (Å²) in [5.41, 5.74) is 0.404. The van der Waals surface area contributed by atoms with Gasteiger partial charge in [0.1, 0.15) is 5.82 Å². The topological polar surface area (TPSA) is 66.9 Å². The minimum absolute atomic E-state index is 0.0270. The standard InChI is InChI=1S/C22H28ClFN2O4S/c1-5-17(6-2)26(13-14-30-4)22(27)20-15-19(11-12-21(20)23)31(28,29)25(3)18-9-7-16(24)8-10-18/h7-12,15,17H,5-6,13-14H2,1-4H3. The van der Waals surface area contributed by atoms with Crippen molar-refractivity contribution in [2.75, 3.05) is 31.6 Å². The van der Waals surface area contributed by atoms with Crippen LogP contribution in [0.4, 0.5) is 10.1 Å². The maximum Gasteiger partial charge on any atom is 0.264 e. The zero-order valence-electron chi connectivity index (χ0n) is 18.1. The molecule has 0 aliphatic rings. The van der Waals surface area contributed by atoms with E-state index in [-0.39, 0.29) is 27.4 Å². The molecule has 0 aliphatic heterocycles. The van der Waals surface area contributed by atoms with Crippen LogP contribution < -0.4 is 4.31 Å². The highest BCUT2D eigenvalue weighted by molar-refractivity contribution is 7.92. The number of halogens is 2. The van der Waals surface area contributed by atoms with Crippen molar-refractivity contribution in [2.45, 2.75) is 37.6 Å². The highest BCUT2D eigenvalue weighted by Crippen LogP contribution is 2.27. The van der Waals surface area contributed by atoms with Gasteiger partial charge >= 0.3 is 0 Å². The summed E-state index contributed by atoms with van der Waals surface area (Å²) >= 11 is 6.30. The summed E-state index contributed by atoms with van der Waals surface area (Å²) in [5, 5.41) is 0.168. The third kappa shape index (κ3) is 5.75. The molecule has 0 saturated carbocycles. The normalized spacial score (nSPS) is 11.6. The number of rotatable bonds is 10. The SMILES string of the molecule is CCC(CC)N(CCOC)C(=O)c1cc(S(=O)(=O)N(C)c2ccc(F)cc2)ccc1Cl. The average molecular weight is 471 g/mol. The number of benzene rings is 2. The molecule has 2 rings (SSSR count). The van der Waals surface area contributed by atoms with Crippen molar-refractivity contribution in [3.8, 4) is 0 Å². The predicted molar refractivity (Wildman–Crippen MR) is 121 cm³/mol. The number of ether oxygens (including phenoxy) is 1. The van der Waals surface area contributed by atoms with Gasteiger partial charge < -0.3 is 9.64 Å². The van der Waals surface area contributed by atoms with Gasteiger partial charge in [-0.1, -0.05) is 25.4 Å². The second kappa shape index (κ2) is 10.9. The van der Waals surface area contributed by atoms with Crippen LogP contribution in [-0.4, -0.2) is 52.6 Å². The van der Waals surface area contributed by atoms with Crippen LogP contribution in [0.5, 0.6) is 0 Å². The van der Waals surface area contributed by atoms with Crippen LogP contribution in [0.2, 0.25) is 5.02 Å². The largest absolute Gasteiger partial charge is 0.383 e. The number of carbonyl (C=O) groups excluding carboxylic acids is 1. The molecule has 0 radical (unpaired) electrons. The van der Waals surface area contributed by atoms with Gasteiger partial charge in [-0.3, -0.25) is 9.10 Å². The van der Waals surface area contributed by atoms with Crippen LogP contribution in [0.1, 0.15) is 37.0 Å². The van der Waals surface area contributed by atoms with E-state index in [1.165, 1.54) is 49.5 Å². The molecule has 2 aromatic carbocycles. The molecule has 0 unspecified atom stereocenters. The van der Waals surface area contributed by atoms with E-state index in [1.807, 2.05) is 13.8 Å². The minimum Gasteiger partial charge on any atom is -0.383 e. The Hall–Kier alpha value is -2.16. The summed E-state index contributed by atoms with van der Waals surface area (Å²) < 4.78 is 45.7. The van der Waals surface area contributed by atoms with E-state index in [9.17, 15) is 17.6 Å². The molecular weight excluding hydrogens is 443 g/mol. The zero-order valence-corrected chi connectivity index (χ0v) is 19.7. The molecule has 31 heavy (non-hydrogen) atoms. The monoisotopic (exact) mass is 470 g/mol. The Morgan fingerprint density at radius 3 is 2.29 bits per heavy atom. The first-order chi connectivity index (χ1) is 14.7. The molecule has 0 aromatic heterocycles. The van der Waals surface area contributed by atoms with Crippen LogP contribution in [0, 0.1) is 5.82 Å². The van der Waals surface area contributed by atoms with Crippen molar-refractivity contribution < 1.29 is 22.3 Å². The first-order valence-corrected chi connectivity index (χ1v) is 11.8. The fourth-order valence-corrected chi connectivity index (χ4v) is 4.72. The van der Waals surface area contributed by atoms with Crippen molar-refractivity contribution in [2.24, 2.45) is 0 Å². The number of amides is 1. The fraction of sp³-hybridized carbons (Fsp3) is 0.409. The summed E-state index contributed by atoms with van der Waals surface area (Å²) in [6.45, 7) is 4.69. The van der Waals surface area contributed by atoms with Crippen molar-refractivity contribution in [1.82, 2.24) is 4.90 Å². The lowest BCUT2D eigenvalue weighted by Gasteiger charge is -2.31. The maximum absolute atomic E-state index is 13.3. The van der Waals surface area contributed by atoms with Crippen LogP contribution in [0.3, 0.4) is 0 Å². The molecule has 6 nitrogen and oxygen atoms in total. The van der Waals surface area contributed by atoms with E-state index >= 15 is 0 Å². The summed E-state index contributed by atoms with van der Waals surface area (Å²) in [6, 6.07) is 9.13. The second-order valence-electron chi connectivity index (χ2n) is 7.05. The van der Waals surface area contributed by atoms with Crippen LogP contribution in [0.15, 0.2) is 47.4 Å². The third-order valence-electron chi connectivity index (χ3n) is 5.20. The lowest BCUT2D eigenvalue weighted by molar-refractivity contribution is 0.0589. The van der Waals surface area contributed by atoms with Crippen LogP contribution >= 0.6 is 11.6 Å². The number of carbonyl (C=O) groups is 1. The molecule has 0 spiro atoms. The summed E-state index contributed by atoms with van der Waals surface area (Å²) in [4.78, 5) is 14.9. The van der Waals surface area contributed by atoms with Crippen molar-refractivity contribution in [3.05, 3.63) is 58.9 Å². The van der Waals surface area contributed by atoms with Gasteiger partial charge in [-0.25, -0.2) is 12.8 Å². The van der Waals surface area contributed by atoms with Gasteiger partial charge in [-0.05, 0) is 55.3 Å². The summed E-state index contributed by atoms with van der Waals surface area (Å²) in [7, 11) is -1.07. The Morgan fingerprint density at radius 1 is 1.13 bits per heavy atom. The van der Waals surface area contributed by atoms with Gasteiger partial charge in [-0.2, -0.15) is 0 Å². The van der Waals surface area contributed by atoms with Gasteiger partial charge in [-0.15, -0.1) is 0 Å². The molecular formula is C22H28ClFN2O4S. The summed E-state index contributed by atoms with van der Waals surface area (Å²) in [6.07, 6.45) is 1.49. The first-order valence-electron chi connectivity index (χ1n) is 10.0. The van der Waals surface area contributed by atoms with E-state index in [0.29, 0.717) is 18.8 Å². The van der Waals surface area contributed by atoms with Gasteiger partial charge in [0.2, 0.25) is 0 Å². The highest BCUT2D eigenvalue weighted by Gasteiger charge is 2.27. The van der Waals surface area contributed by atoms with E-state index < -0.39 is 15.8 Å². The average Bonchev–Trinajstić information content (AvgIpc) is 2.76. The van der Waals surface area contributed by atoms with E-state index in [1.54, 1.807) is 12.0 Å². The number of methoxy groups -OCH3 is 1. The van der Waals surface area contributed by atoms with E-state index in [2.05, 4.69) is 0 Å². The molecule has 0 bridgehead atoms. The Balaban J connectivity index is 2.45. The molecule has 0 aliphatic carbocycles. The summed E-state index contributed by atoms with van der Waals surface area (Å²) in [5.74, 6) is -0.816. The molecule has 2 aromatic rings. The zero-order chi connectivity index (χ0) is 23.2. The lowest BCUT2D eigenvalue weighted by atomic mass is 10.1. The Morgan fingerprint density at radius 2 is 1.74 bits per heavy atom. The molecule has 0 heterocycles. The van der Waals surface area contributed by atoms with Gasteiger partial charge in [0.05, 0.1) is 27.8 Å². The Bertz CT molecular complexity index is 995. The van der Waals surface area contributed by atoms with Crippen LogP contribution in [-0.2, 0) is 14.8 Å². The second-order valence-corrected chi connectivity index (χ2v) is 9.43. The molecule has 9 heteroatoms. The van der Waals surface area contributed by atoms with Crippen molar-refractivity contribution in [3.63, 3.8) is 0 Å². The maximum atomic E-state index is 13.3. The quantitative estimate of drug-likeness (QED) is 0.509. The lowest BCUT2D eigenvalue weighted by Crippen LogP contribution is -2.42. The van der Waals surface area contributed by atoms with Gasteiger partial charge in [0, 0.05) is 26.7 Å². The molecule has 0 fully saturated rings. The molecule has 0 atom stereocenters. The molecule has 0 N–H and O–H groups in total. The Labute approximate surface area is 188 Å². The van der Waals surface area contributed by atoms with Crippen molar-refractivity contribution >= 4 is 33.2 Å². The van der Waals surface area contributed by atoms with E-state index in [4.69, 9.17) is 16.3 Å². The fourth-order valence-electron chi connectivity index (χ4n) is 3.30. The molecule has 0 saturated heterocycles. The third-order valence-corrected chi connectivity index (χ3v) is 7.31. The molecule has 1 amide bonds. The number of nitrogens with zero attached hydrogens (tertiary/aromatic N) is 2. The Kier molecular flexibility index (Phi) is 8.85. The van der Waals surface area contributed by atoms with E-state index in [0.717, 1.165) is 17.1 Å². The van der Waals surface area contributed by atoms with Gasteiger partial charge in [0.15, 0.2) is 0 Å². The highest BCUT2D eigenvalue weighted by atomic mass is 35.5. The number of hydrogen-bond acceptors (Lipinski definition) is 4. The number of sulfonamides is 1.